The molecule has 2 N–H and O–H groups in total. The average Bonchev–Trinajstić information content (AvgIpc) is 2.86. The van der Waals surface area contributed by atoms with Gasteiger partial charge in [-0.2, -0.15) is 0 Å². The summed E-state index contributed by atoms with van der Waals surface area (Å²) in [5.74, 6) is -0.00244. The van der Waals surface area contributed by atoms with Crippen molar-refractivity contribution in [3.63, 3.8) is 0 Å². The molecule has 0 bridgehead atoms. The number of ether oxygens (including phenoxy) is 1. The second-order valence-electron chi connectivity index (χ2n) is 9.73. The number of fused-ring (bicyclic) bond motifs is 1. The van der Waals surface area contributed by atoms with Crippen LogP contribution in [0.25, 0.3) is 0 Å². The highest BCUT2D eigenvalue weighted by molar-refractivity contribution is 5.99. The van der Waals surface area contributed by atoms with Crippen LogP contribution < -0.4 is 10.6 Å². The van der Waals surface area contributed by atoms with E-state index in [4.69, 9.17) is 4.74 Å². The lowest BCUT2D eigenvalue weighted by Crippen LogP contribution is -2.39. The predicted molar refractivity (Wildman–Crippen MR) is 135 cm³/mol. The van der Waals surface area contributed by atoms with Crippen LogP contribution in [0.2, 0.25) is 0 Å². The van der Waals surface area contributed by atoms with E-state index < -0.39 is 11.8 Å². The van der Waals surface area contributed by atoms with Crippen molar-refractivity contribution in [1.82, 2.24) is 9.80 Å². The fourth-order valence-electron chi connectivity index (χ4n) is 4.73. The highest BCUT2D eigenvalue weighted by Gasteiger charge is 2.29. The Bertz CT molecular complexity index is 1110. The molecular weight excluding hydrogens is 463 g/mol. The van der Waals surface area contributed by atoms with Gasteiger partial charge >= 0.3 is 12.1 Å². The summed E-state index contributed by atoms with van der Waals surface area (Å²) in [6.07, 6.45) is 4.13. The van der Waals surface area contributed by atoms with Crippen LogP contribution in [0.4, 0.5) is 25.4 Å². The number of para-hydroxylation sites is 1. The van der Waals surface area contributed by atoms with E-state index in [1.807, 2.05) is 12.1 Å². The van der Waals surface area contributed by atoms with Gasteiger partial charge in [0.15, 0.2) is 0 Å². The van der Waals surface area contributed by atoms with E-state index in [0.717, 1.165) is 36.8 Å². The lowest BCUT2D eigenvalue weighted by molar-refractivity contribution is -0.130. The summed E-state index contributed by atoms with van der Waals surface area (Å²) in [7, 11) is 3.55. The Hall–Kier alpha value is -3.62. The molecule has 0 atom stereocenters. The van der Waals surface area contributed by atoms with Gasteiger partial charge in [-0.25, -0.2) is 14.0 Å². The number of urea groups is 1. The molecule has 9 heteroatoms. The zero-order valence-electron chi connectivity index (χ0n) is 20.8. The summed E-state index contributed by atoms with van der Waals surface area (Å²) in [4.78, 5) is 40.3. The van der Waals surface area contributed by atoms with Crippen LogP contribution in [0.3, 0.4) is 0 Å². The van der Waals surface area contributed by atoms with Crippen LogP contribution >= 0.6 is 0 Å². The molecule has 0 spiro atoms. The minimum Gasteiger partial charge on any atom is -0.446 e. The topological polar surface area (TPSA) is 91.0 Å². The molecule has 1 aliphatic carbocycles. The van der Waals surface area contributed by atoms with Crippen molar-refractivity contribution in [2.45, 2.75) is 51.2 Å². The molecule has 8 nitrogen and oxygen atoms in total. The van der Waals surface area contributed by atoms with Gasteiger partial charge in [0.05, 0.1) is 5.69 Å². The predicted octanol–water partition coefficient (Wildman–Crippen LogP) is 5.00. The van der Waals surface area contributed by atoms with Crippen molar-refractivity contribution in [2.75, 3.05) is 31.3 Å². The standard InChI is InChI=1S/C27H33FN4O4/c1-31(2)25(33)15-18-7-11-22(12-8-18)36-27(35)32-14-13-19-16-21(10-9-20(19)17-32)29-26(34)30-24-6-4-3-5-23(24)28/h3-6,9-10,16,18,22H,7-8,11-15,17H2,1-2H3,(H2,29,30,34). The quantitative estimate of drug-likeness (QED) is 0.609. The second-order valence-corrected chi connectivity index (χ2v) is 9.73. The number of hydrogen-bond donors (Lipinski definition) is 2. The maximum absolute atomic E-state index is 13.8. The highest BCUT2D eigenvalue weighted by Crippen LogP contribution is 2.30. The average molecular weight is 497 g/mol. The van der Waals surface area contributed by atoms with E-state index in [-0.39, 0.29) is 23.8 Å². The van der Waals surface area contributed by atoms with E-state index in [0.29, 0.717) is 37.5 Å². The van der Waals surface area contributed by atoms with Gasteiger partial charge in [0.25, 0.3) is 0 Å². The maximum atomic E-state index is 13.8. The maximum Gasteiger partial charge on any atom is 0.410 e. The zero-order chi connectivity index (χ0) is 25.7. The first-order chi connectivity index (χ1) is 17.3. The van der Waals surface area contributed by atoms with Crippen LogP contribution in [0.1, 0.15) is 43.2 Å². The number of rotatable bonds is 5. The first-order valence-corrected chi connectivity index (χ1v) is 12.4. The number of nitrogens with one attached hydrogen (secondary N) is 2. The van der Waals surface area contributed by atoms with Crippen molar-refractivity contribution in [3.05, 3.63) is 59.4 Å². The van der Waals surface area contributed by atoms with Crippen molar-refractivity contribution in [2.24, 2.45) is 5.92 Å². The van der Waals surface area contributed by atoms with Gasteiger partial charge in [-0.3, -0.25) is 4.79 Å². The molecule has 0 unspecified atom stereocenters. The number of halogens is 1. The van der Waals surface area contributed by atoms with Crippen molar-refractivity contribution >= 4 is 29.4 Å². The SMILES string of the molecule is CN(C)C(=O)CC1CCC(OC(=O)N2CCc3cc(NC(=O)Nc4ccccc4F)ccc3C2)CC1. The summed E-state index contributed by atoms with van der Waals surface area (Å²) >= 11 is 0. The Kier molecular flexibility index (Phi) is 8.07. The minimum absolute atomic E-state index is 0.107. The molecule has 1 fully saturated rings. The summed E-state index contributed by atoms with van der Waals surface area (Å²) in [6.45, 7) is 0.978. The van der Waals surface area contributed by atoms with Crippen LogP contribution in [-0.2, 0) is 22.5 Å². The fraction of sp³-hybridized carbons (Fsp3) is 0.444. The number of amides is 4. The van der Waals surface area contributed by atoms with Crippen LogP contribution in [0, 0.1) is 11.7 Å². The zero-order valence-corrected chi connectivity index (χ0v) is 20.8. The molecule has 2 aromatic carbocycles. The molecule has 1 aliphatic heterocycles. The molecule has 4 amide bonds. The Morgan fingerprint density at radius 3 is 2.50 bits per heavy atom. The summed E-state index contributed by atoms with van der Waals surface area (Å²) in [5.41, 5.74) is 2.76. The molecule has 2 aliphatic rings. The van der Waals surface area contributed by atoms with Crippen molar-refractivity contribution in [3.8, 4) is 0 Å². The monoisotopic (exact) mass is 496 g/mol. The number of nitrogens with zero attached hydrogens (tertiary/aromatic N) is 2. The van der Waals surface area contributed by atoms with E-state index >= 15 is 0 Å². The van der Waals surface area contributed by atoms with Crippen molar-refractivity contribution in [1.29, 1.82) is 0 Å². The van der Waals surface area contributed by atoms with Gasteiger partial charge in [-0.15, -0.1) is 0 Å². The van der Waals surface area contributed by atoms with E-state index in [2.05, 4.69) is 10.6 Å². The summed E-state index contributed by atoms with van der Waals surface area (Å²) in [6, 6.07) is 11.0. The number of benzene rings is 2. The molecule has 2 aromatic rings. The Balaban J connectivity index is 1.25. The molecule has 1 saturated carbocycles. The van der Waals surface area contributed by atoms with E-state index in [9.17, 15) is 18.8 Å². The molecular formula is C27H33FN4O4. The third-order valence-corrected chi connectivity index (χ3v) is 6.88. The van der Waals surface area contributed by atoms with Gasteiger partial charge in [0.2, 0.25) is 5.91 Å². The molecule has 0 saturated heterocycles. The first kappa shape index (κ1) is 25.5. The van der Waals surface area contributed by atoms with Crippen molar-refractivity contribution < 1.29 is 23.5 Å². The van der Waals surface area contributed by atoms with E-state index in [1.54, 1.807) is 42.1 Å². The normalized spacial score (nSPS) is 19.1. The summed E-state index contributed by atoms with van der Waals surface area (Å²) in [5, 5.41) is 5.23. The van der Waals surface area contributed by atoms with E-state index in [1.165, 1.54) is 12.1 Å². The molecule has 0 aromatic heterocycles. The smallest absolute Gasteiger partial charge is 0.410 e. The van der Waals surface area contributed by atoms with Gasteiger partial charge < -0.3 is 25.2 Å². The second kappa shape index (κ2) is 11.4. The number of anilines is 2. The Morgan fingerprint density at radius 1 is 1.03 bits per heavy atom. The Morgan fingerprint density at radius 2 is 1.78 bits per heavy atom. The molecule has 36 heavy (non-hydrogen) atoms. The highest BCUT2D eigenvalue weighted by atomic mass is 19.1. The Labute approximate surface area is 210 Å². The van der Waals surface area contributed by atoms with Gasteiger partial charge in [0.1, 0.15) is 11.9 Å². The lowest BCUT2D eigenvalue weighted by atomic mass is 9.85. The van der Waals surface area contributed by atoms with Crippen LogP contribution in [-0.4, -0.2) is 54.6 Å². The molecule has 4 rings (SSSR count). The third kappa shape index (κ3) is 6.53. The first-order valence-electron chi connectivity index (χ1n) is 12.4. The molecule has 192 valence electrons. The van der Waals surface area contributed by atoms with Gasteiger partial charge in [0, 0.05) is 39.3 Å². The summed E-state index contributed by atoms with van der Waals surface area (Å²) < 4.78 is 19.5. The third-order valence-electron chi connectivity index (χ3n) is 6.88. The van der Waals surface area contributed by atoms with Crippen LogP contribution in [0.15, 0.2) is 42.5 Å². The minimum atomic E-state index is -0.526. The largest absolute Gasteiger partial charge is 0.446 e. The fourth-order valence-corrected chi connectivity index (χ4v) is 4.73. The lowest BCUT2D eigenvalue weighted by Gasteiger charge is -2.32. The van der Waals surface area contributed by atoms with Crippen LogP contribution in [0.5, 0.6) is 0 Å². The van der Waals surface area contributed by atoms with Gasteiger partial charge in [-0.05, 0) is 73.4 Å². The van der Waals surface area contributed by atoms with Gasteiger partial charge in [-0.1, -0.05) is 18.2 Å². The number of hydrogen-bond acceptors (Lipinski definition) is 4. The molecule has 0 radical (unpaired) electrons. The number of carbonyl (C=O) groups is 3. The number of carbonyl (C=O) groups excluding carboxylic acids is 3. The molecule has 1 heterocycles.